The van der Waals surface area contributed by atoms with Crippen molar-refractivity contribution in [1.82, 2.24) is 5.32 Å². The minimum absolute atomic E-state index is 0.931. The Bertz CT molecular complexity index is 419. The van der Waals surface area contributed by atoms with Crippen molar-refractivity contribution >= 4 is 11.3 Å². The second-order valence-corrected chi connectivity index (χ2v) is 4.01. The van der Waals surface area contributed by atoms with Gasteiger partial charge in [-0.3, -0.25) is 0 Å². The molecular formula is C14H18N2. The van der Waals surface area contributed by atoms with Gasteiger partial charge in [0.15, 0.2) is 0 Å². The van der Waals surface area contributed by atoms with Crippen LogP contribution < -0.4 is 10.6 Å². The normalized spacial score (nSPS) is 16.4. The van der Waals surface area contributed by atoms with Crippen LogP contribution in [0.2, 0.25) is 0 Å². The molecule has 0 aromatic heterocycles. The first-order valence-electron chi connectivity index (χ1n) is 5.69. The maximum absolute atomic E-state index is 3.78. The van der Waals surface area contributed by atoms with Crippen molar-refractivity contribution < 1.29 is 0 Å². The van der Waals surface area contributed by atoms with Gasteiger partial charge in [-0.1, -0.05) is 12.1 Å². The molecule has 16 heavy (non-hydrogen) atoms. The summed E-state index contributed by atoms with van der Waals surface area (Å²) in [5.41, 5.74) is 5.25. The monoisotopic (exact) mass is 214 g/mol. The van der Waals surface area contributed by atoms with Crippen LogP contribution in [-0.4, -0.2) is 13.6 Å². The number of hydrogen-bond acceptors (Lipinski definition) is 2. The zero-order valence-corrected chi connectivity index (χ0v) is 9.72. The van der Waals surface area contributed by atoms with Gasteiger partial charge in [0.25, 0.3) is 0 Å². The molecule has 0 aliphatic carbocycles. The molecule has 1 heterocycles. The summed E-state index contributed by atoms with van der Waals surface area (Å²) in [6.07, 6.45) is 6.04. The molecule has 0 atom stereocenters. The lowest BCUT2D eigenvalue weighted by atomic mass is 9.95. The van der Waals surface area contributed by atoms with Gasteiger partial charge >= 0.3 is 0 Å². The van der Waals surface area contributed by atoms with Crippen LogP contribution >= 0.6 is 0 Å². The van der Waals surface area contributed by atoms with E-state index in [9.17, 15) is 0 Å². The highest BCUT2D eigenvalue weighted by atomic mass is 14.9. The first kappa shape index (κ1) is 10.8. The fraction of sp³-hybridized carbons (Fsp3) is 0.286. The standard InChI is InChI=1S/C14H18N2/c1-3-4-11-5-6-14-13(9-11)12(10-15-2)7-8-16-14/h3,5-6,9-10,15-16H,1,4,7-8H2,2H3/b12-10+. The van der Waals surface area contributed by atoms with Crippen LogP contribution in [0.3, 0.4) is 0 Å². The minimum Gasteiger partial charge on any atom is -0.394 e. The third kappa shape index (κ3) is 2.11. The van der Waals surface area contributed by atoms with Crippen molar-refractivity contribution in [3.8, 4) is 0 Å². The Balaban J connectivity index is 2.40. The molecule has 1 aliphatic rings. The average molecular weight is 214 g/mol. The van der Waals surface area contributed by atoms with Crippen LogP contribution in [0, 0.1) is 0 Å². The first-order valence-corrected chi connectivity index (χ1v) is 5.69. The molecule has 0 radical (unpaired) electrons. The molecule has 0 saturated carbocycles. The number of rotatable bonds is 3. The smallest absolute Gasteiger partial charge is 0.0417 e. The molecule has 2 N–H and O–H groups in total. The zero-order chi connectivity index (χ0) is 11.4. The summed E-state index contributed by atoms with van der Waals surface area (Å²) < 4.78 is 0. The van der Waals surface area contributed by atoms with E-state index < -0.39 is 0 Å². The van der Waals surface area contributed by atoms with Gasteiger partial charge in [-0.05, 0) is 36.1 Å². The van der Waals surface area contributed by atoms with Gasteiger partial charge in [-0.2, -0.15) is 0 Å². The van der Waals surface area contributed by atoms with Gasteiger partial charge in [0.05, 0.1) is 0 Å². The maximum Gasteiger partial charge on any atom is 0.0417 e. The van der Waals surface area contributed by atoms with Crippen LogP contribution in [0.5, 0.6) is 0 Å². The van der Waals surface area contributed by atoms with E-state index in [4.69, 9.17) is 0 Å². The number of benzene rings is 1. The van der Waals surface area contributed by atoms with Crippen LogP contribution in [0.25, 0.3) is 5.57 Å². The lowest BCUT2D eigenvalue weighted by Gasteiger charge is -2.21. The molecule has 0 spiro atoms. The molecule has 0 saturated heterocycles. The summed E-state index contributed by atoms with van der Waals surface area (Å²) in [6, 6.07) is 6.58. The van der Waals surface area contributed by atoms with Crippen LogP contribution in [0.4, 0.5) is 5.69 Å². The predicted molar refractivity (Wildman–Crippen MR) is 70.5 cm³/mol. The van der Waals surface area contributed by atoms with E-state index in [1.54, 1.807) is 0 Å². The fourth-order valence-corrected chi connectivity index (χ4v) is 2.10. The Hall–Kier alpha value is -1.70. The van der Waals surface area contributed by atoms with Crippen molar-refractivity contribution in [3.05, 3.63) is 48.2 Å². The fourth-order valence-electron chi connectivity index (χ4n) is 2.10. The van der Waals surface area contributed by atoms with Gasteiger partial charge in [-0.15, -0.1) is 6.58 Å². The molecule has 1 aliphatic heterocycles. The van der Waals surface area contributed by atoms with Crippen LogP contribution in [0.1, 0.15) is 17.5 Å². The lowest BCUT2D eigenvalue weighted by molar-refractivity contribution is 1.02. The van der Waals surface area contributed by atoms with Gasteiger partial charge in [0.2, 0.25) is 0 Å². The Labute approximate surface area is 97.1 Å². The first-order chi connectivity index (χ1) is 7.85. The molecule has 84 valence electrons. The van der Waals surface area contributed by atoms with Crippen molar-refractivity contribution in [2.24, 2.45) is 0 Å². The summed E-state index contributed by atoms with van der Waals surface area (Å²) in [5, 5.41) is 6.55. The molecule has 0 amide bonds. The number of hydrogen-bond donors (Lipinski definition) is 2. The minimum atomic E-state index is 0.931. The Kier molecular flexibility index (Phi) is 3.30. The van der Waals surface area contributed by atoms with Crippen LogP contribution in [0.15, 0.2) is 37.1 Å². The summed E-state index contributed by atoms with van der Waals surface area (Å²) in [6.45, 7) is 4.80. The van der Waals surface area contributed by atoms with Gasteiger partial charge in [0, 0.05) is 31.0 Å². The lowest BCUT2D eigenvalue weighted by Crippen LogP contribution is -2.12. The van der Waals surface area contributed by atoms with E-state index in [0.29, 0.717) is 0 Å². The van der Waals surface area contributed by atoms with E-state index in [0.717, 1.165) is 19.4 Å². The largest absolute Gasteiger partial charge is 0.394 e. The Morgan fingerprint density at radius 2 is 2.38 bits per heavy atom. The van der Waals surface area contributed by atoms with E-state index in [2.05, 4.69) is 41.6 Å². The zero-order valence-electron chi connectivity index (χ0n) is 9.72. The number of anilines is 1. The maximum atomic E-state index is 3.78. The summed E-state index contributed by atoms with van der Waals surface area (Å²) in [7, 11) is 1.95. The summed E-state index contributed by atoms with van der Waals surface area (Å²) in [4.78, 5) is 0. The van der Waals surface area contributed by atoms with E-state index >= 15 is 0 Å². The second-order valence-electron chi connectivity index (χ2n) is 4.01. The van der Waals surface area contributed by atoms with Gasteiger partial charge in [-0.25, -0.2) is 0 Å². The van der Waals surface area contributed by atoms with E-state index in [-0.39, 0.29) is 0 Å². The molecule has 0 unspecified atom stereocenters. The number of fused-ring (bicyclic) bond motifs is 1. The molecule has 2 heteroatoms. The molecule has 1 aromatic carbocycles. The molecule has 0 fully saturated rings. The number of allylic oxidation sites excluding steroid dienone is 1. The SMILES string of the molecule is C=CCc1ccc2c(c1)/C(=C/NC)CCN2. The molecule has 2 rings (SSSR count). The summed E-state index contributed by atoms with van der Waals surface area (Å²) >= 11 is 0. The van der Waals surface area contributed by atoms with Crippen molar-refractivity contribution in [1.29, 1.82) is 0 Å². The van der Waals surface area contributed by atoms with Gasteiger partial charge < -0.3 is 10.6 Å². The topological polar surface area (TPSA) is 24.1 Å². The Morgan fingerprint density at radius 1 is 1.50 bits per heavy atom. The highest BCUT2D eigenvalue weighted by Gasteiger charge is 2.13. The average Bonchev–Trinajstić information content (AvgIpc) is 2.31. The van der Waals surface area contributed by atoms with E-state index in [1.807, 2.05) is 13.1 Å². The van der Waals surface area contributed by atoms with E-state index in [1.165, 1.54) is 22.4 Å². The molecule has 0 bridgehead atoms. The Morgan fingerprint density at radius 3 is 3.12 bits per heavy atom. The molecular weight excluding hydrogens is 196 g/mol. The highest BCUT2D eigenvalue weighted by Crippen LogP contribution is 2.31. The number of nitrogens with one attached hydrogen (secondary N) is 2. The second kappa shape index (κ2) is 4.88. The van der Waals surface area contributed by atoms with Crippen molar-refractivity contribution in [3.63, 3.8) is 0 Å². The third-order valence-electron chi connectivity index (χ3n) is 2.84. The van der Waals surface area contributed by atoms with Crippen molar-refractivity contribution in [2.45, 2.75) is 12.8 Å². The third-order valence-corrected chi connectivity index (χ3v) is 2.84. The molecule has 2 nitrogen and oxygen atoms in total. The predicted octanol–water partition coefficient (Wildman–Crippen LogP) is 2.79. The summed E-state index contributed by atoms with van der Waals surface area (Å²) in [5.74, 6) is 0. The van der Waals surface area contributed by atoms with Crippen LogP contribution in [-0.2, 0) is 6.42 Å². The highest BCUT2D eigenvalue weighted by molar-refractivity contribution is 5.79. The van der Waals surface area contributed by atoms with Gasteiger partial charge in [0.1, 0.15) is 0 Å². The molecule has 1 aromatic rings. The quantitative estimate of drug-likeness (QED) is 0.756. The van der Waals surface area contributed by atoms with Crippen molar-refractivity contribution in [2.75, 3.05) is 18.9 Å².